The van der Waals surface area contributed by atoms with Gasteiger partial charge in [0.15, 0.2) is 0 Å². The smallest absolute Gasteiger partial charge is 0.337 e. The molecule has 2 aromatic carbocycles. The lowest BCUT2D eigenvalue weighted by Gasteiger charge is -2.16. The quantitative estimate of drug-likeness (QED) is 0.847. The van der Waals surface area contributed by atoms with Gasteiger partial charge in [-0.2, -0.15) is 0 Å². The molecule has 1 unspecified atom stereocenters. The zero-order valence-corrected chi connectivity index (χ0v) is 13.4. The van der Waals surface area contributed by atoms with Gasteiger partial charge in [-0.05, 0) is 43.2 Å². The van der Waals surface area contributed by atoms with Crippen LogP contribution < -0.4 is 10.6 Å². The fourth-order valence-corrected chi connectivity index (χ4v) is 2.23. The Labute approximate surface area is 135 Å². The van der Waals surface area contributed by atoms with Gasteiger partial charge < -0.3 is 15.4 Å². The normalized spacial score (nSPS) is 11.4. The van der Waals surface area contributed by atoms with Crippen LogP contribution in [0.2, 0.25) is 0 Å². The molecular formula is C18H20N2O3. The van der Waals surface area contributed by atoms with Crippen LogP contribution >= 0.6 is 0 Å². The lowest BCUT2D eigenvalue weighted by molar-refractivity contribution is 0.0600. The van der Waals surface area contributed by atoms with Crippen LogP contribution in [0, 0.1) is 6.92 Å². The number of carbonyl (C=O) groups is 2. The molecule has 0 bridgehead atoms. The van der Waals surface area contributed by atoms with E-state index in [9.17, 15) is 9.59 Å². The van der Waals surface area contributed by atoms with Crippen LogP contribution in [-0.4, -0.2) is 19.1 Å². The van der Waals surface area contributed by atoms with E-state index >= 15 is 0 Å². The van der Waals surface area contributed by atoms with E-state index in [1.54, 1.807) is 18.2 Å². The molecule has 2 aromatic rings. The number of amides is 2. The number of hydrogen-bond donors (Lipinski definition) is 2. The summed E-state index contributed by atoms with van der Waals surface area (Å²) in [5, 5.41) is 5.67. The van der Waals surface area contributed by atoms with Gasteiger partial charge in [-0.1, -0.05) is 30.3 Å². The zero-order valence-electron chi connectivity index (χ0n) is 13.4. The van der Waals surface area contributed by atoms with E-state index in [2.05, 4.69) is 15.4 Å². The van der Waals surface area contributed by atoms with Crippen LogP contribution in [0.4, 0.5) is 10.5 Å². The van der Waals surface area contributed by atoms with E-state index in [4.69, 9.17) is 0 Å². The first-order valence-electron chi connectivity index (χ1n) is 7.32. The highest BCUT2D eigenvalue weighted by molar-refractivity contribution is 5.93. The molecule has 0 saturated carbocycles. The van der Waals surface area contributed by atoms with E-state index in [0.717, 1.165) is 11.1 Å². The number of rotatable bonds is 4. The topological polar surface area (TPSA) is 67.4 Å². The second-order valence-corrected chi connectivity index (χ2v) is 5.25. The van der Waals surface area contributed by atoms with E-state index in [0.29, 0.717) is 11.3 Å². The second-order valence-electron chi connectivity index (χ2n) is 5.25. The molecular weight excluding hydrogens is 292 g/mol. The largest absolute Gasteiger partial charge is 0.465 e. The highest BCUT2D eigenvalue weighted by Gasteiger charge is 2.12. The number of anilines is 1. The minimum absolute atomic E-state index is 0.106. The Morgan fingerprint density at radius 2 is 1.78 bits per heavy atom. The molecule has 0 spiro atoms. The minimum atomic E-state index is -0.401. The van der Waals surface area contributed by atoms with Gasteiger partial charge in [0.25, 0.3) is 0 Å². The van der Waals surface area contributed by atoms with Gasteiger partial charge >= 0.3 is 12.0 Å². The van der Waals surface area contributed by atoms with Crippen molar-refractivity contribution in [1.82, 2.24) is 5.32 Å². The first-order chi connectivity index (χ1) is 11.0. The molecule has 0 aliphatic carbocycles. The van der Waals surface area contributed by atoms with Gasteiger partial charge in [-0.15, -0.1) is 0 Å². The molecule has 5 heteroatoms. The van der Waals surface area contributed by atoms with E-state index in [1.807, 2.05) is 44.2 Å². The number of aryl methyl sites for hydroxylation is 1. The maximum Gasteiger partial charge on any atom is 0.337 e. The third kappa shape index (κ3) is 4.32. The maximum absolute atomic E-state index is 12.1. The molecule has 1 atom stereocenters. The van der Waals surface area contributed by atoms with Gasteiger partial charge in [0, 0.05) is 5.69 Å². The van der Waals surface area contributed by atoms with Crippen LogP contribution in [0.1, 0.15) is 34.5 Å². The summed E-state index contributed by atoms with van der Waals surface area (Å²) in [7, 11) is 1.34. The van der Waals surface area contributed by atoms with Crippen molar-refractivity contribution in [3.05, 3.63) is 65.2 Å². The number of nitrogens with one attached hydrogen (secondary N) is 2. The Morgan fingerprint density at radius 3 is 2.39 bits per heavy atom. The van der Waals surface area contributed by atoms with Gasteiger partial charge in [0.1, 0.15) is 0 Å². The van der Waals surface area contributed by atoms with Crippen LogP contribution in [0.5, 0.6) is 0 Å². The molecule has 2 N–H and O–H groups in total. The average molecular weight is 312 g/mol. The molecule has 0 heterocycles. The van der Waals surface area contributed by atoms with Crippen molar-refractivity contribution in [1.29, 1.82) is 0 Å². The molecule has 0 saturated heterocycles. The summed E-state index contributed by atoms with van der Waals surface area (Å²) in [5.41, 5.74) is 2.92. The number of ether oxygens (including phenoxy) is 1. The van der Waals surface area contributed by atoms with Crippen molar-refractivity contribution < 1.29 is 14.3 Å². The number of hydrogen-bond acceptors (Lipinski definition) is 3. The Kier molecular flexibility index (Phi) is 5.36. The summed E-state index contributed by atoms with van der Waals surface area (Å²) >= 11 is 0. The number of urea groups is 1. The Bertz CT molecular complexity index is 699. The van der Waals surface area contributed by atoms with Crippen molar-refractivity contribution >= 4 is 17.7 Å². The van der Waals surface area contributed by atoms with Gasteiger partial charge in [-0.25, -0.2) is 9.59 Å². The molecule has 0 aliphatic rings. The molecule has 2 amide bonds. The Hall–Kier alpha value is -2.82. The summed E-state index contributed by atoms with van der Waals surface area (Å²) in [6.45, 7) is 3.74. The monoisotopic (exact) mass is 312 g/mol. The van der Waals surface area contributed by atoms with Crippen molar-refractivity contribution in [3.8, 4) is 0 Å². The third-order valence-electron chi connectivity index (χ3n) is 3.54. The van der Waals surface area contributed by atoms with E-state index in [1.165, 1.54) is 7.11 Å². The molecule has 120 valence electrons. The number of esters is 1. The summed E-state index contributed by atoms with van der Waals surface area (Å²) in [6.07, 6.45) is 0. The molecule has 23 heavy (non-hydrogen) atoms. The first kappa shape index (κ1) is 16.5. The maximum atomic E-state index is 12.1. The molecule has 0 fully saturated rings. The predicted molar refractivity (Wildman–Crippen MR) is 89.5 cm³/mol. The van der Waals surface area contributed by atoms with Gasteiger partial charge in [0.05, 0.1) is 18.7 Å². The summed E-state index contributed by atoms with van der Waals surface area (Å²) in [5.74, 6) is -0.401. The lowest BCUT2D eigenvalue weighted by atomic mass is 10.1. The number of benzene rings is 2. The van der Waals surface area contributed by atoms with Crippen molar-refractivity contribution in [2.24, 2.45) is 0 Å². The number of carbonyl (C=O) groups excluding carboxylic acids is 2. The fourth-order valence-electron chi connectivity index (χ4n) is 2.23. The summed E-state index contributed by atoms with van der Waals surface area (Å²) in [4.78, 5) is 23.6. The average Bonchev–Trinajstić information content (AvgIpc) is 2.56. The highest BCUT2D eigenvalue weighted by Crippen LogP contribution is 2.18. The molecule has 5 nitrogen and oxygen atoms in total. The lowest BCUT2D eigenvalue weighted by Crippen LogP contribution is -2.31. The van der Waals surface area contributed by atoms with Crippen molar-refractivity contribution in [2.75, 3.05) is 12.4 Å². The van der Waals surface area contributed by atoms with Crippen molar-refractivity contribution in [2.45, 2.75) is 19.9 Å². The van der Waals surface area contributed by atoms with Crippen molar-refractivity contribution in [3.63, 3.8) is 0 Å². The Morgan fingerprint density at radius 1 is 1.09 bits per heavy atom. The first-order valence-corrected chi connectivity index (χ1v) is 7.32. The summed E-state index contributed by atoms with van der Waals surface area (Å²) in [6, 6.07) is 14.3. The third-order valence-corrected chi connectivity index (χ3v) is 3.54. The number of methoxy groups -OCH3 is 1. The minimum Gasteiger partial charge on any atom is -0.465 e. The zero-order chi connectivity index (χ0) is 16.8. The molecule has 2 rings (SSSR count). The van der Waals surface area contributed by atoms with Gasteiger partial charge in [0.2, 0.25) is 0 Å². The van der Waals surface area contributed by atoms with Crippen LogP contribution in [0.15, 0.2) is 48.5 Å². The van der Waals surface area contributed by atoms with Crippen LogP contribution in [0.3, 0.4) is 0 Å². The SMILES string of the molecule is COC(=O)c1ccc(NC(=O)NC(C)c2ccccc2)c(C)c1. The standard InChI is InChI=1S/C18H20N2O3/c1-12-11-15(17(21)23-3)9-10-16(12)20-18(22)19-13(2)14-7-5-4-6-8-14/h4-11,13H,1-3H3,(H2,19,20,22). The molecule has 0 radical (unpaired) electrons. The highest BCUT2D eigenvalue weighted by atomic mass is 16.5. The van der Waals surface area contributed by atoms with Gasteiger partial charge in [-0.3, -0.25) is 0 Å². The summed E-state index contributed by atoms with van der Waals surface area (Å²) < 4.78 is 4.68. The van der Waals surface area contributed by atoms with Crippen LogP contribution in [-0.2, 0) is 4.74 Å². The van der Waals surface area contributed by atoms with Crippen LogP contribution in [0.25, 0.3) is 0 Å². The fraction of sp³-hybridized carbons (Fsp3) is 0.222. The second kappa shape index (κ2) is 7.45. The van der Waals surface area contributed by atoms with E-state index < -0.39 is 5.97 Å². The Balaban J connectivity index is 2.01. The van der Waals surface area contributed by atoms with E-state index in [-0.39, 0.29) is 12.1 Å². The predicted octanol–water partition coefficient (Wildman–Crippen LogP) is 3.66. The molecule has 0 aliphatic heterocycles. The molecule has 0 aromatic heterocycles.